The van der Waals surface area contributed by atoms with Crippen LogP contribution in [0, 0.1) is 0 Å². The van der Waals surface area contributed by atoms with Crippen LogP contribution in [0.2, 0.25) is 0 Å². The lowest BCUT2D eigenvalue weighted by Crippen LogP contribution is -2.03. The van der Waals surface area contributed by atoms with Crippen molar-refractivity contribution in [3.63, 3.8) is 0 Å². The Bertz CT molecular complexity index is 585. The maximum absolute atomic E-state index is 5.67. The van der Waals surface area contributed by atoms with E-state index < -0.39 is 0 Å². The van der Waals surface area contributed by atoms with E-state index in [1.54, 1.807) is 11.1 Å². The molecular formula is C18H23NS. The van der Waals surface area contributed by atoms with E-state index in [0.29, 0.717) is 5.92 Å². The van der Waals surface area contributed by atoms with Gasteiger partial charge in [0.2, 0.25) is 0 Å². The minimum absolute atomic E-state index is 0.580. The van der Waals surface area contributed by atoms with Crippen molar-refractivity contribution in [3.8, 4) is 10.4 Å². The molecule has 0 fully saturated rings. The van der Waals surface area contributed by atoms with Gasteiger partial charge in [0, 0.05) is 9.75 Å². The van der Waals surface area contributed by atoms with Crippen molar-refractivity contribution in [2.24, 2.45) is 5.73 Å². The molecule has 1 aromatic heterocycles. The van der Waals surface area contributed by atoms with Crippen molar-refractivity contribution < 1.29 is 0 Å². The van der Waals surface area contributed by atoms with Crippen LogP contribution in [0.4, 0.5) is 0 Å². The molecule has 1 unspecified atom stereocenters. The summed E-state index contributed by atoms with van der Waals surface area (Å²) in [4.78, 5) is 2.86. The Morgan fingerprint density at radius 1 is 1.10 bits per heavy atom. The van der Waals surface area contributed by atoms with Crippen LogP contribution in [0.15, 0.2) is 30.3 Å². The van der Waals surface area contributed by atoms with Gasteiger partial charge in [0.05, 0.1) is 0 Å². The number of hydrogen-bond acceptors (Lipinski definition) is 2. The number of thiophene rings is 1. The fourth-order valence-corrected chi connectivity index (χ4v) is 4.14. The smallest absolute Gasteiger partial charge is 0.0345 e. The largest absolute Gasteiger partial charge is 0.330 e. The van der Waals surface area contributed by atoms with Crippen LogP contribution in [0.25, 0.3) is 10.4 Å². The molecule has 2 aromatic rings. The second kappa shape index (κ2) is 6.11. The van der Waals surface area contributed by atoms with Gasteiger partial charge in [-0.25, -0.2) is 0 Å². The van der Waals surface area contributed by atoms with E-state index in [-0.39, 0.29) is 0 Å². The molecule has 0 amide bonds. The number of aryl methyl sites for hydroxylation is 2. The maximum Gasteiger partial charge on any atom is 0.0345 e. The standard InChI is InChI=1S/C18H23NS/c1-13(10-11-19)17-8-9-18(20-17)16-7-6-14-4-2-3-5-15(14)12-16/h6-9,12-13H,2-5,10-11,19H2,1H3. The number of hydrogen-bond donors (Lipinski definition) is 1. The van der Waals surface area contributed by atoms with Gasteiger partial charge in [0.25, 0.3) is 0 Å². The van der Waals surface area contributed by atoms with E-state index in [2.05, 4.69) is 37.3 Å². The molecular weight excluding hydrogens is 262 g/mol. The topological polar surface area (TPSA) is 26.0 Å². The number of rotatable bonds is 4. The third-order valence-electron chi connectivity index (χ3n) is 4.35. The molecule has 2 heteroatoms. The third kappa shape index (κ3) is 2.82. The van der Waals surface area contributed by atoms with Gasteiger partial charge < -0.3 is 5.73 Å². The number of fused-ring (bicyclic) bond motifs is 1. The van der Waals surface area contributed by atoms with Gasteiger partial charge in [-0.3, -0.25) is 0 Å². The first kappa shape index (κ1) is 13.8. The van der Waals surface area contributed by atoms with E-state index in [1.807, 2.05) is 11.3 Å². The van der Waals surface area contributed by atoms with E-state index in [9.17, 15) is 0 Å². The Hall–Kier alpha value is -1.12. The molecule has 3 rings (SSSR count). The van der Waals surface area contributed by atoms with E-state index in [0.717, 1.165) is 13.0 Å². The molecule has 0 radical (unpaired) electrons. The van der Waals surface area contributed by atoms with Crippen LogP contribution in [-0.2, 0) is 12.8 Å². The SMILES string of the molecule is CC(CCN)c1ccc(-c2ccc3c(c2)CCCC3)s1. The zero-order valence-corrected chi connectivity index (χ0v) is 13.0. The lowest BCUT2D eigenvalue weighted by molar-refractivity contribution is 0.686. The van der Waals surface area contributed by atoms with Gasteiger partial charge in [-0.1, -0.05) is 25.1 Å². The molecule has 1 aromatic carbocycles. The van der Waals surface area contributed by atoms with Crippen molar-refractivity contribution in [1.82, 2.24) is 0 Å². The monoisotopic (exact) mass is 285 g/mol. The summed E-state index contributed by atoms with van der Waals surface area (Å²) >= 11 is 1.93. The summed E-state index contributed by atoms with van der Waals surface area (Å²) in [6.07, 6.45) is 6.29. The molecule has 0 aliphatic heterocycles. The highest BCUT2D eigenvalue weighted by molar-refractivity contribution is 7.15. The normalized spacial score (nSPS) is 15.9. The molecule has 2 N–H and O–H groups in total. The van der Waals surface area contributed by atoms with Crippen LogP contribution in [0.5, 0.6) is 0 Å². The summed E-state index contributed by atoms with van der Waals surface area (Å²) in [5.74, 6) is 0.580. The highest BCUT2D eigenvalue weighted by Gasteiger charge is 2.12. The first-order valence-electron chi connectivity index (χ1n) is 7.70. The van der Waals surface area contributed by atoms with Gasteiger partial charge >= 0.3 is 0 Å². The van der Waals surface area contributed by atoms with E-state index in [1.165, 1.54) is 41.0 Å². The van der Waals surface area contributed by atoms with Crippen LogP contribution in [0.1, 0.15) is 48.1 Å². The molecule has 1 heterocycles. The van der Waals surface area contributed by atoms with Gasteiger partial charge in [-0.05, 0) is 73.4 Å². The molecule has 1 aliphatic rings. The second-order valence-electron chi connectivity index (χ2n) is 5.87. The highest BCUT2D eigenvalue weighted by Crippen LogP contribution is 2.35. The predicted molar refractivity (Wildman–Crippen MR) is 88.5 cm³/mol. The van der Waals surface area contributed by atoms with Gasteiger partial charge in [0.15, 0.2) is 0 Å². The van der Waals surface area contributed by atoms with Crippen LogP contribution in [0.3, 0.4) is 0 Å². The fraction of sp³-hybridized carbons (Fsp3) is 0.444. The molecule has 0 bridgehead atoms. The number of benzene rings is 1. The lowest BCUT2D eigenvalue weighted by atomic mass is 9.90. The molecule has 0 saturated heterocycles. The average molecular weight is 285 g/mol. The molecule has 1 nitrogen and oxygen atoms in total. The minimum Gasteiger partial charge on any atom is -0.330 e. The highest BCUT2D eigenvalue weighted by atomic mass is 32.1. The summed E-state index contributed by atoms with van der Waals surface area (Å²) in [6.45, 7) is 3.04. The molecule has 1 atom stereocenters. The summed E-state index contributed by atoms with van der Waals surface area (Å²) in [6, 6.07) is 11.6. The Morgan fingerprint density at radius 2 is 1.90 bits per heavy atom. The summed E-state index contributed by atoms with van der Waals surface area (Å²) < 4.78 is 0. The Kier molecular flexibility index (Phi) is 4.23. The zero-order chi connectivity index (χ0) is 13.9. The van der Waals surface area contributed by atoms with Crippen LogP contribution < -0.4 is 5.73 Å². The van der Waals surface area contributed by atoms with Crippen LogP contribution in [-0.4, -0.2) is 6.54 Å². The zero-order valence-electron chi connectivity index (χ0n) is 12.2. The van der Waals surface area contributed by atoms with Crippen LogP contribution >= 0.6 is 11.3 Å². The van der Waals surface area contributed by atoms with Crippen molar-refractivity contribution in [2.75, 3.05) is 6.54 Å². The van der Waals surface area contributed by atoms with E-state index in [4.69, 9.17) is 5.73 Å². The maximum atomic E-state index is 5.67. The Labute approximate surface area is 125 Å². The third-order valence-corrected chi connectivity index (χ3v) is 5.71. The first-order valence-corrected chi connectivity index (χ1v) is 8.51. The molecule has 0 saturated carbocycles. The summed E-state index contributed by atoms with van der Waals surface area (Å²) in [5.41, 5.74) is 10.2. The van der Waals surface area contributed by atoms with E-state index >= 15 is 0 Å². The fourth-order valence-electron chi connectivity index (χ4n) is 3.05. The number of nitrogens with two attached hydrogens (primary N) is 1. The quantitative estimate of drug-likeness (QED) is 0.862. The average Bonchev–Trinajstić information content (AvgIpc) is 2.97. The summed E-state index contributed by atoms with van der Waals surface area (Å²) in [5, 5.41) is 0. The minimum atomic E-state index is 0.580. The molecule has 1 aliphatic carbocycles. The van der Waals surface area contributed by atoms with Crippen molar-refractivity contribution in [3.05, 3.63) is 46.3 Å². The van der Waals surface area contributed by atoms with Crippen molar-refractivity contribution in [1.29, 1.82) is 0 Å². The molecule has 0 spiro atoms. The predicted octanol–water partition coefficient (Wildman–Crippen LogP) is 4.75. The van der Waals surface area contributed by atoms with Gasteiger partial charge in [-0.15, -0.1) is 11.3 Å². The summed E-state index contributed by atoms with van der Waals surface area (Å²) in [7, 11) is 0. The lowest BCUT2D eigenvalue weighted by Gasteiger charge is -2.16. The first-order chi connectivity index (χ1) is 9.78. The Morgan fingerprint density at radius 3 is 2.70 bits per heavy atom. The van der Waals surface area contributed by atoms with Crippen molar-refractivity contribution >= 4 is 11.3 Å². The van der Waals surface area contributed by atoms with Crippen molar-refractivity contribution in [2.45, 2.75) is 44.9 Å². The van der Waals surface area contributed by atoms with Gasteiger partial charge in [0.1, 0.15) is 0 Å². The Balaban J connectivity index is 1.86. The molecule has 20 heavy (non-hydrogen) atoms. The second-order valence-corrected chi connectivity index (χ2v) is 6.99. The van der Waals surface area contributed by atoms with Gasteiger partial charge in [-0.2, -0.15) is 0 Å². The molecule has 106 valence electrons.